The maximum atomic E-state index is 14.6. The zero-order chi connectivity index (χ0) is 25.6. The third kappa shape index (κ3) is 3.93. The fourth-order valence-electron chi connectivity index (χ4n) is 4.95. The lowest BCUT2D eigenvalue weighted by molar-refractivity contribution is 0.0692. The Morgan fingerprint density at radius 2 is 2.00 bits per heavy atom. The van der Waals surface area contributed by atoms with E-state index in [-0.39, 0.29) is 17.6 Å². The fraction of sp³-hybridized carbons (Fsp3) is 0.333. The molecule has 184 valence electrons. The van der Waals surface area contributed by atoms with E-state index in [0.29, 0.717) is 35.9 Å². The highest BCUT2D eigenvalue weighted by molar-refractivity contribution is 5.95. The standard InChI is InChI=1S/C27H28FN7O/c1-16-21-14-20(9-11-23(21)32-33(16)5)35-17(2)25(27(36)34-12-6-7-19(15-34)29-3)31-26(35)18-8-10-24(30-4)22(28)13-18/h8-11,13-14,19,29H,6-7,12,15H2,1-3,5H3/t19-/m1/s1. The van der Waals surface area contributed by atoms with Crippen LogP contribution in [0.1, 0.15) is 34.7 Å². The SMILES string of the molecule is [C-]#[N+]c1ccc(-c2nc(C(=O)N3CCC[C@@H](NC)C3)c(C)n2-c2ccc3nn(C)c(C)c3c2)cc1F. The van der Waals surface area contributed by atoms with Crippen molar-refractivity contribution in [3.8, 4) is 17.1 Å². The summed E-state index contributed by atoms with van der Waals surface area (Å²) < 4.78 is 18.4. The highest BCUT2D eigenvalue weighted by Crippen LogP contribution is 2.32. The maximum Gasteiger partial charge on any atom is 0.274 e. The first-order chi connectivity index (χ1) is 17.3. The molecule has 1 aliphatic rings. The van der Waals surface area contributed by atoms with Crippen LogP contribution in [0.3, 0.4) is 0 Å². The zero-order valence-electron chi connectivity index (χ0n) is 20.8. The van der Waals surface area contributed by atoms with Crippen molar-refractivity contribution < 1.29 is 9.18 Å². The van der Waals surface area contributed by atoms with Gasteiger partial charge >= 0.3 is 0 Å². The number of imidazole rings is 1. The first-order valence-electron chi connectivity index (χ1n) is 12.0. The van der Waals surface area contributed by atoms with Crippen LogP contribution < -0.4 is 5.32 Å². The molecule has 1 atom stereocenters. The molecule has 2 aromatic carbocycles. The predicted molar refractivity (Wildman–Crippen MR) is 137 cm³/mol. The first-order valence-corrected chi connectivity index (χ1v) is 12.0. The molecule has 0 saturated carbocycles. The van der Waals surface area contributed by atoms with Gasteiger partial charge in [-0.2, -0.15) is 5.10 Å². The van der Waals surface area contributed by atoms with E-state index in [2.05, 4.69) is 15.3 Å². The van der Waals surface area contributed by atoms with E-state index in [1.807, 2.05) is 60.3 Å². The second-order valence-corrected chi connectivity index (χ2v) is 9.27. The van der Waals surface area contributed by atoms with Crippen molar-refractivity contribution in [2.75, 3.05) is 20.1 Å². The van der Waals surface area contributed by atoms with E-state index in [0.717, 1.165) is 35.1 Å². The summed E-state index contributed by atoms with van der Waals surface area (Å²) in [6.45, 7) is 12.3. The number of hydrogen-bond acceptors (Lipinski definition) is 4. The van der Waals surface area contributed by atoms with Crippen LogP contribution in [0.2, 0.25) is 0 Å². The molecular formula is C27H28FN7O. The highest BCUT2D eigenvalue weighted by atomic mass is 19.1. The van der Waals surface area contributed by atoms with Gasteiger partial charge < -0.3 is 10.2 Å². The monoisotopic (exact) mass is 485 g/mol. The summed E-state index contributed by atoms with van der Waals surface area (Å²) >= 11 is 0. The number of nitrogens with one attached hydrogen (secondary N) is 1. The minimum atomic E-state index is -0.617. The average Bonchev–Trinajstić information content (AvgIpc) is 3.38. The smallest absolute Gasteiger partial charge is 0.274 e. The number of carbonyl (C=O) groups excluding carboxylic acids is 1. The second kappa shape index (κ2) is 9.21. The van der Waals surface area contributed by atoms with Crippen LogP contribution in [-0.2, 0) is 7.05 Å². The van der Waals surface area contributed by atoms with Gasteiger partial charge in [-0.25, -0.2) is 14.2 Å². The lowest BCUT2D eigenvalue weighted by atomic mass is 10.1. The Kier molecular flexibility index (Phi) is 6.06. The molecular weight excluding hydrogens is 457 g/mol. The Hall–Kier alpha value is -4.03. The Morgan fingerprint density at radius 3 is 2.72 bits per heavy atom. The van der Waals surface area contributed by atoms with Crippen molar-refractivity contribution >= 4 is 22.5 Å². The number of amides is 1. The average molecular weight is 486 g/mol. The molecule has 0 radical (unpaired) electrons. The van der Waals surface area contributed by atoms with Crippen molar-refractivity contribution in [3.05, 3.63) is 70.7 Å². The lowest BCUT2D eigenvalue weighted by Gasteiger charge is -2.32. The fourth-order valence-corrected chi connectivity index (χ4v) is 4.95. The van der Waals surface area contributed by atoms with Crippen molar-refractivity contribution in [2.45, 2.75) is 32.7 Å². The first kappa shape index (κ1) is 23.7. The van der Waals surface area contributed by atoms with Crippen LogP contribution in [0.5, 0.6) is 0 Å². The number of aryl methyl sites for hydroxylation is 2. The number of halogens is 1. The van der Waals surface area contributed by atoms with Crippen molar-refractivity contribution in [1.29, 1.82) is 0 Å². The molecule has 5 rings (SSSR count). The number of carbonyl (C=O) groups is 1. The van der Waals surface area contributed by atoms with Gasteiger partial charge in [-0.05, 0) is 58.0 Å². The molecule has 3 heterocycles. The van der Waals surface area contributed by atoms with Gasteiger partial charge in [-0.1, -0.05) is 12.1 Å². The van der Waals surface area contributed by atoms with Gasteiger partial charge in [0.05, 0.1) is 17.8 Å². The lowest BCUT2D eigenvalue weighted by Crippen LogP contribution is -2.47. The number of aromatic nitrogens is 4. The minimum absolute atomic E-state index is 0.0521. The molecule has 1 fully saturated rings. The molecule has 2 aromatic heterocycles. The molecule has 1 amide bonds. The van der Waals surface area contributed by atoms with Crippen molar-refractivity contribution in [3.63, 3.8) is 0 Å². The van der Waals surface area contributed by atoms with Crippen LogP contribution in [0, 0.1) is 26.2 Å². The van der Waals surface area contributed by atoms with E-state index < -0.39 is 5.82 Å². The van der Waals surface area contributed by atoms with E-state index in [9.17, 15) is 9.18 Å². The van der Waals surface area contributed by atoms with Gasteiger partial charge in [-0.3, -0.25) is 14.0 Å². The summed E-state index contributed by atoms with van der Waals surface area (Å²) in [4.78, 5) is 23.5. The number of benzene rings is 2. The number of nitrogens with zero attached hydrogens (tertiary/aromatic N) is 6. The van der Waals surface area contributed by atoms with Gasteiger partial charge in [0.2, 0.25) is 5.69 Å². The molecule has 8 nitrogen and oxygen atoms in total. The molecule has 0 spiro atoms. The topological polar surface area (TPSA) is 72.3 Å². The summed E-state index contributed by atoms with van der Waals surface area (Å²) in [7, 11) is 3.81. The Balaban J connectivity index is 1.68. The zero-order valence-corrected chi connectivity index (χ0v) is 20.8. The van der Waals surface area contributed by atoms with E-state index in [1.165, 1.54) is 12.1 Å². The number of fused-ring (bicyclic) bond motifs is 1. The number of piperidine rings is 1. The van der Waals surface area contributed by atoms with Crippen LogP contribution in [0.25, 0.3) is 32.8 Å². The van der Waals surface area contributed by atoms with E-state index >= 15 is 0 Å². The Morgan fingerprint density at radius 1 is 1.19 bits per heavy atom. The van der Waals surface area contributed by atoms with Gasteiger partial charge in [0, 0.05) is 48.5 Å². The molecule has 0 aliphatic carbocycles. The van der Waals surface area contributed by atoms with Gasteiger partial charge in [-0.15, -0.1) is 0 Å². The molecule has 0 unspecified atom stereocenters. The van der Waals surface area contributed by atoms with Crippen LogP contribution >= 0.6 is 0 Å². The molecule has 0 bridgehead atoms. The normalized spacial score (nSPS) is 15.9. The number of likely N-dealkylation sites (tertiary alicyclic amines) is 1. The highest BCUT2D eigenvalue weighted by Gasteiger charge is 2.29. The molecule has 1 aliphatic heterocycles. The number of hydrogen-bond donors (Lipinski definition) is 1. The number of likely N-dealkylation sites (N-methyl/N-ethyl adjacent to an activating group) is 1. The van der Waals surface area contributed by atoms with Crippen LogP contribution in [0.15, 0.2) is 36.4 Å². The van der Waals surface area contributed by atoms with Crippen LogP contribution in [0.4, 0.5) is 10.1 Å². The molecule has 36 heavy (non-hydrogen) atoms. The quantitative estimate of drug-likeness (QED) is 0.430. The summed E-state index contributed by atoms with van der Waals surface area (Å²) in [6, 6.07) is 10.6. The summed E-state index contributed by atoms with van der Waals surface area (Å²) in [6.07, 6.45) is 1.94. The summed E-state index contributed by atoms with van der Waals surface area (Å²) in [5.41, 5.74) is 4.16. The van der Waals surface area contributed by atoms with E-state index in [4.69, 9.17) is 11.6 Å². The van der Waals surface area contributed by atoms with Crippen LogP contribution in [-0.4, -0.2) is 56.3 Å². The van der Waals surface area contributed by atoms with Gasteiger partial charge in [0.25, 0.3) is 5.91 Å². The maximum absolute atomic E-state index is 14.6. The Bertz CT molecular complexity index is 1530. The number of rotatable bonds is 4. The third-order valence-corrected chi connectivity index (χ3v) is 7.12. The van der Waals surface area contributed by atoms with Gasteiger partial charge in [0.1, 0.15) is 17.3 Å². The largest absolute Gasteiger partial charge is 0.336 e. The molecule has 1 N–H and O–H groups in total. The minimum Gasteiger partial charge on any atom is -0.336 e. The van der Waals surface area contributed by atoms with Crippen molar-refractivity contribution in [1.82, 2.24) is 29.5 Å². The summed E-state index contributed by atoms with van der Waals surface area (Å²) in [5.74, 6) is -0.298. The molecule has 4 aromatic rings. The van der Waals surface area contributed by atoms with Gasteiger partial charge in [0.15, 0.2) is 0 Å². The Labute approximate surface area is 209 Å². The summed E-state index contributed by atoms with van der Waals surface area (Å²) in [5, 5.41) is 8.80. The van der Waals surface area contributed by atoms with E-state index in [1.54, 1.807) is 6.07 Å². The third-order valence-electron chi connectivity index (χ3n) is 7.12. The van der Waals surface area contributed by atoms with Crippen molar-refractivity contribution in [2.24, 2.45) is 7.05 Å². The molecule has 9 heteroatoms. The molecule has 1 saturated heterocycles. The second-order valence-electron chi connectivity index (χ2n) is 9.27. The predicted octanol–water partition coefficient (Wildman–Crippen LogP) is 4.56.